The Labute approximate surface area is 241 Å². The summed E-state index contributed by atoms with van der Waals surface area (Å²) in [5.41, 5.74) is 3.58. The topological polar surface area (TPSA) is 94.4 Å². The molecule has 0 aliphatic carbocycles. The number of ether oxygens (including phenoxy) is 1. The fraction of sp³-hybridized carbons (Fsp3) is 0.156. The number of hydrogen-bond acceptors (Lipinski definition) is 7. The highest BCUT2D eigenvalue weighted by molar-refractivity contribution is 7.98. The lowest BCUT2D eigenvalue weighted by molar-refractivity contribution is 0.0592. The lowest BCUT2D eigenvalue weighted by atomic mass is 9.94. The van der Waals surface area contributed by atoms with E-state index < -0.39 is 0 Å². The summed E-state index contributed by atoms with van der Waals surface area (Å²) in [6.45, 7) is 0.277. The van der Waals surface area contributed by atoms with Crippen LogP contribution in [0.15, 0.2) is 96.2 Å². The molecular formula is C32H26N4O4S. The van der Waals surface area contributed by atoms with Gasteiger partial charge < -0.3 is 4.74 Å². The molecule has 0 atom stereocenters. The number of aryl methyl sites for hydroxylation is 1. The van der Waals surface area contributed by atoms with Crippen LogP contribution in [0.5, 0.6) is 0 Å². The van der Waals surface area contributed by atoms with Crippen molar-refractivity contribution < 1.29 is 19.1 Å². The van der Waals surface area contributed by atoms with Gasteiger partial charge in [0.25, 0.3) is 11.8 Å². The molecule has 0 saturated carbocycles. The lowest BCUT2D eigenvalue weighted by Crippen LogP contribution is -2.41. The van der Waals surface area contributed by atoms with Gasteiger partial charge in [-0.3, -0.25) is 19.1 Å². The highest BCUT2D eigenvalue weighted by Crippen LogP contribution is 2.30. The van der Waals surface area contributed by atoms with Crippen LogP contribution in [0.3, 0.4) is 0 Å². The van der Waals surface area contributed by atoms with Gasteiger partial charge in [0.15, 0.2) is 5.16 Å². The minimum Gasteiger partial charge on any atom is -0.465 e. The van der Waals surface area contributed by atoms with Gasteiger partial charge in [-0.2, -0.15) is 0 Å². The molecule has 2 heterocycles. The Morgan fingerprint density at radius 2 is 1.51 bits per heavy atom. The predicted molar refractivity (Wildman–Crippen MR) is 156 cm³/mol. The third-order valence-corrected chi connectivity index (χ3v) is 8.10. The van der Waals surface area contributed by atoms with Gasteiger partial charge in [-0.1, -0.05) is 66.4 Å². The summed E-state index contributed by atoms with van der Waals surface area (Å²) in [6.07, 6.45) is 1.07. The Hall–Kier alpha value is -4.76. The number of benzene rings is 4. The first kappa shape index (κ1) is 26.5. The summed E-state index contributed by atoms with van der Waals surface area (Å²) in [6, 6.07) is 28.3. The molecule has 5 aromatic rings. The SMILES string of the molecule is COC(=O)c1ccc(CSc2nnc(CCCN3C(=O)c4cccc5cccc(c45)C3=O)n2-c2ccccc2)cc1. The summed E-state index contributed by atoms with van der Waals surface area (Å²) in [7, 11) is 1.36. The average molecular weight is 563 g/mol. The molecule has 0 bridgehead atoms. The zero-order chi connectivity index (χ0) is 28.3. The van der Waals surface area contributed by atoms with Gasteiger partial charge in [-0.25, -0.2) is 4.79 Å². The molecule has 1 aromatic heterocycles. The van der Waals surface area contributed by atoms with E-state index in [1.165, 1.54) is 12.0 Å². The highest BCUT2D eigenvalue weighted by atomic mass is 32.2. The molecule has 4 aromatic carbocycles. The van der Waals surface area contributed by atoms with Crippen LogP contribution in [0.4, 0.5) is 0 Å². The van der Waals surface area contributed by atoms with Gasteiger partial charge >= 0.3 is 5.97 Å². The molecule has 0 spiro atoms. The molecule has 41 heavy (non-hydrogen) atoms. The molecule has 0 radical (unpaired) electrons. The van der Waals surface area contributed by atoms with Gasteiger partial charge in [0.2, 0.25) is 0 Å². The minimum absolute atomic E-state index is 0.265. The van der Waals surface area contributed by atoms with E-state index in [0.29, 0.717) is 35.3 Å². The van der Waals surface area contributed by atoms with E-state index in [4.69, 9.17) is 4.74 Å². The Morgan fingerprint density at radius 3 is 2.17 bits per heavy atom. The first-order chi connectivity index (χ1) is 20.0. The molecule has 0 N–H and O–H groups in total. The van der Waals surface area contributed by atoms with Crippen LogP contribution in [0, 0.1) is 0 Å². The number of para-hydroxylation sites is 1. The van der Waals surface area contributed by atoms with Crippen molar-refractivity contribution in [2.24, 2.45) is 0 Å². The lowest BCUT2D eigenvalue weighted by Gasteiger charge is -2.27. The number of aromatic nitrogens is 3. The van der Waals surface area contributed by atoms with Gasteiger partial charge in [0, 0.05) is 40.9 Å². The molecule has 1 aliphatic heterocycles. The number of carbonyl (C=O) groups excluding carboxylic acids is 3. The second kappa shape index (κ2) is 11.4. The Morgan fingerprint density at radius 1 is 0.829 bits per heavy atom. The van der Waals surface area contributed by atoms with E-state index in [1.807, 2.05) is 71.3 Å². The number of imide groups is 1. The summed E-state index contributed by atoms with van der Waals surface area (Å²) < 4.78 is 6.80. The van der Waals surface area contributed by atoms with Crippen LogP contribution in [-0.2, 0) is 16.9 Å². The zero-order valence-electron chi connectivity index (χ0n) is 22.3. The maximum atomic E-state index is 13.3. The Balaban J connectivity index is 1.19. The Bertz CT molecular complexity index is 1720. The van der Waals surface area contributed by atoms with Gasteiger partial charge in [-0.05, 0) is 53.8 Å². The molecule has 204 valence electrons. The average Bonchev–Trinajstić information content (AvgIpc) is 3.43. The third kappa shape index (κ3) is 5.12. The number of esters is 1. The van der Waals surface area contributed by atoms with E-state index in [9.17, 15) is 14.4 Å². The molecule has 2 amide bonds. The van der Waals surface area contributed by atoms with Crippen molar-refractivity contribution in [3.63, 3.8) is 0 Å². The number of carbonyl (C=O) groups is 3. The summed E-state index contributed by atoms with van der Waals surface area (Å²) in [5.74, 6) is 0.483. The van der Waals surface area contributed by atoms with Crippen molar-refractivity contribution in [3.05, 3.63) is 119 Å². The van der Waals surface area contributed by atoms with Crippen LogP contribution in [-0.4, -0.2) is 51.1 Å². The van der Waals surface area contributed by atoms with Gasteiger partial charge in [0.1, 0.15) is 5.82 Å². The molecular weight excluding hydrogens is 536 g/mol. The van der Waals surface area contributed by atoms with Crippen molar-refractivity contribution in [1.82, 2.24) is 19.7 Å². The summed E-state index contributed by atoms with van der Waals surface area (Å²) in [4.78, 5) is 39.7. The van der Waals surface area contributed by atoms with Gasteiger partial charge in [-0.15, -0.1) is 10.2 Å². The van der Waals surface area contributed by atoms with Crippen LogP contribution in [0.1, 0.15) is 48.9 Å². The van der Waals surface area contributed by atoms with Crippen molar-refractivity contribution in [2.75, 3.05) is 13.7 Å². The van der Waals surface area contributed by atoms with Crippen molar-refractivity contribution in [3.8, 4) is 5.69 Å². The number of amides is 2. The second-order valence-corrected chi connectivity index (χ2v) is 10.6. The fourth-order valence-corrected chi connectivity index (χ4v) is 6.00. The quantitative estimate of drug-likeness (QED) is 0.129. The molecule has 0 fully saturated rings. The molecule has 1 aliphatic rings. The molecule has 8 nitrogen and oxygen atoms in total. The number of nitrogens with zero attached hydrogens (tertiary/aromatic N) is 4. The summed E-state index contributed by atoms with van der Waals surface area (Å²) in [5, 5.41) is 11.3. The van der Waals surface area contributed by atoms with Crippen molar-refractivity contribution in [2.45, 2.75) is 23.8 Å². The molecule has 6 rings (SSSR count). The van der Waals surface area contributed by atoms with E-state index in [1.54, 1.807) is 36.0 Å². The first-order valence-corrected chi connectivity index (χ1v) is 14.2. The largest absolute Gasteiger partial charge is 0.465 e. The second-order valence-electron chi connectivity index (χ2n) is 9.62. The minimum atomic E-state index is -0.369. The first-order valence-electron chi connectivity index (χ1n) is 13.2. The summed E-state index contributed by atoms with van der Waals surface area (Å²) >= 11 is 1.54. The van der Waals surface area contributed by atoms with E-state index in [-0.39, 0.29) is 24.3 Å². The zero-order valence-corrected chi connectivity index (χ0v) is 23.1. The smallest absolute Gasteiger partial charge is 0.337 e. The number of thioether (sulfide) groups is 1. The standard InChI is InChI=1S/C32H26N4O4S/c1-40-31(39)23-17-15-21(16-18-23)20-41-32-34-33-27(36(32)24-10-3-2-4-11-24)14-7-19-35-29(37)25-12-5-8-22-9-6-13-26(28(22)25)30(35)38/h2-6,8-13,15-18H,7,14,19-20H2,1H3. The monoisotopic (exact) mass is 562 g/mol. The maximum absolute atomic E-state index is 13.3. The highest BCUT2D eigenvalue weighted by Gasteiger charge is 2.32. The number of hydrogen-bond donors (Lipinski definition) is 0. The molecule has 9 heteroatoms. The van der Waals surface area contributed by atoms with E-state index in [0.717, 1.165) is 33.0 Å². The molecule has 0 saturated heterocycles. The van der Waals surface area contributed by atoms with Gasteiger partial charge in [0.05, 0.1) is 12.7 Å². The maximum Gasteiger partial charge on any atom is 0.337 e. The van der Waals surface area contributed by atoms with Crippen LogP contribution in [0.25, 0.3) is 16.5 Å². The number of rotatable bonds is 9. The molecule has 0 unspecified atom stereocenters. The van der Waals surface area contributed by atoms with Crippen molar-refractivity contribution >= 4 is 40.3 Å². The van der Waals surface area contributed by atoms with Crippen molar-refractivity contribution in [1.29, 1.82) is 0 Å². The fourth-order valence-electron chi connectivity index (χ4n) is 5.07. The van der Waals surface area contributed by atoms with E-state index >= 15 is 0 Å². The number of methoxy groups -OCH3 is 1. The Kier molecular flexibility index (Phi) is 7.35. The van der Waals surface area contributed by atoms with E-state index in [2.05, 4.69) is 10.2 Å². The third-order valence-electron chi connectivity index (χ3n) is 7.10. The van der Waals surface area contributed by atoms with Crippen LogP contribution < -0.4 is 0 Å². The van der Waals surface area contributed by atoms with Crippen LogP contribution in [0.2, 0.25) is 0 Å². The normalized spacial score (nSPS) is 12.7. The predicted octanol–water partition coefficient (Wildman–Crippen LogP) is 5.73. The van der Waals surface area contributed by atoms with Crippen LogP contribution >= 0.6 is 11.8 Å².